The van der Waals surface area contributed by atoms with Gasteiger partial charge in [-0.3, -0.25) is 0 Å². The summed E-state index contributed by atoms with van der Waals surface area (Å²) < 4.78 is 0. The van der Waals surface area contributed by atoms with Gasteiger partial charge in [0.2, 0.25) is 0 Å². The molecule has 1 aliphatic carbocycles. The molecule has 1 heterocycles. The minimum atomic E-state index is 0.750. The van der Waals surface area contributed by atoms with Crippen molar-refractivity contribution in [2.75, 3.05) is 13.1 Å². The zero-order valence-corrected chi connectivity index (χ0v) is 12.0. The number of hydrogen-bond acceptors (Lipinski definition) is 1. The Labute approximate surface area is 125 Å². The molecule has 3 unspecified atom stereocenters. The molecule has 0 spiro atoms. The van der Waals surface area contributed by atoms with Crippen LogP contribution in [0.4, 0.5) is 0 Å². The summed E-state index contributed by atoms with van der Waals surface area (Å²) in [6, 6.07) is 20.2. The fourth-order valence-corrected chi connectivity index (χ4v) is 4.53. The van der Waals surface area contributed by atoms with Gasteiger partial charge in [-0.15, -0.1) is 0 Å². The molecule has 21 heavy (non-hydrogen) atoms. The van der Waals surface area contributed by atoms with Gasteiger partial charge in [-0.1, -0.05) is 54.6 Å². The highest BCUT2D eigenvalue weighted by Crippen LogP contribution is 2.51. The van der Waals surface area contributed by atoms with Crippen LogP contribution in [0, 0.1) is 11.8 Å². The summed E-state index contributed by atoms with van der Waals surface area (Å²) in [5, 5.41) is 9.23. The van der Waals surface area contributed by atoms with Crippen LogP contribution in [0.1, 0.15) is 17.9 Å². The quantitative estimate of drug-likeness (QED) is 0.651. The normalized spacial score (nSPS) is 27.7. The Kier molecular flexibility index (Phi) is 2.42. The summed E-state index contributed by atoms with van der Waals surface area (Å²) in [4.78, 5) is 0. The molecule has 1 saturated carbocycles. The van der Waals surface area contributed by atoms with Crippen LogP contribution >= 0.6 is 0 Å². The molecule has 3 atom stereocenters. The van der Waals surface area contributed by atoms with E-state index in [9.17, 15) is 0 Å². The molecule has 1 heteroatoms. The van der Waals surface area contributed by atoms with Crippen LogP contribution in [-0.2, 0) is 0 Å². The maximum absolute atomic E-state index is 3.57. The number of rotatable bonds is 1. The van der Waals surface area contributed by atoms with Crippen LogP contribution < -0.4 is 5.32 Å². The third-order valence-electron chi connectivity index (χ3n) is 5.67. The molecule has 1 nitrogen and oxygen atoms in total. The van der Waals surface area contributed by atoms with Crippen LogP contribution in [0.3, 0.4) is 0 Å². The molecule has 2 fully saturated rings. The molecule has 1 saturated heterocycles. The van der Waals surface area contributed by atoms with Gasteiger partial charge in [0.25, 0.3) is 0 Å². The van der Waals surface area contributed by atoms with E-state index in [0.29, 0.717) is 0 Å². The van der Waals surface area contributed by atoms with Crippen molar-refractivity contribution in [3.05, 3.63) is 60.2 Å². The van der Waals surface area contributed by atoms with Crippen molar-refractivity contribution in [3.63, 3.8) is 0 Å². The molecular formula is C20H19N. The molecule has 3 aromatic carbocycles. The number of benzene rings is 3. The van der Waals surface area contributed by atoms with E-state index in [1.54, 1.807) is 5.56 Å². The smallest absolute Gasteiger partial charge is 0.00114 e. The number of hydrogen-bond donors (Lipinski definition) is 1. The van der Waals surface area contributed by atoms with Crippen molar-refractivity contribution >= 4 is 21.5 Å². The Bertz CT molecular complexity index is 835. The fourth-order valence-electron chi connectivity index (χ4n) is 4.53. The predicted octanol–water partition coefficient (Wildman–Crippen LogP) is 4.32. The summed E-state index contributed by atoms with van der Waals surface area (Å²) >= 11 is 0. The highest BCUT2D eigenvalue weighted by Gasteiger charge is 2.44. The maximum atomic E-state index is 3.57. The van der Waals surface area contributed by atoms with E-state index in [4.69, 9.17) is 0 Å². The summed E-state index contributed by atoms with van der Waals surface area (Å²) in [6.45, 7) is 2.43. The van der Waals surface area contributed by atoms with Gasteiger partial charge in [-0.05, 0) is 64.4 Å². The van der Waals surface area contributed by atoms with E-state index in [-0.39, 0.29) is 0 Å². The van der Waals surface area contributed by atoms with Gasteiger partial charge in [-0.25, -0.2) is 0 Å². The second-order valence-corrected chi connectivity index (χ2v) is 6.66. The van der Waals surface area contributed by atoms with Crippen LogP contribution in [0.15, 0.2) is 54.6 Å². The molecule has 0 bridgehead atoms. The fraction of sp³-hybridized carbons (Fsp3) is 0.300. The molecule has 0 aromatic heterocycles. The zero-order valence-electron chi connectivity index (χ0n) is 12.0. The van der Waals surface area contributed by atoms with Gasteiger partial charge in [0.1, 0.15) is 0 Å². The first-order valence-corrected chi connectivity index (χ1v) is 8.03. The Balaban J connectivity index is 1.78. The Morgan fingerprint density at radius 1 is 0.810 bits per heavy atom. The van der Waals surface area contributed by atoms with E-state index < -0.39 is 0 Å². The first kappa shape index (κ1) is 11.8. The SMILES string of the molecule is c1ccc2c(c1)cc(C1CC3CNCC31)c1ccccc12. The predicted molar refractivity (Wildman–Crippen MR) is 88.7 cm³/mol. The van der Waals surface area contributed by atoms with Gasteiger partial charge in [0.15, 0.2) is 0 Å². The molecule has 0 amide bonds. The van der Waals surface area contributed by atoms with Gasteiger partial charge >= 0.3 is 0 Å². The Hall–Kier alpha value is -1.86. The van der Waals surface area contributed by atoms with Crippen molar-refractivity contribution in [1.82, 2.24) is 5.32 Å². The lowest BCUT2D eigenvalue weighted by Gasteiger charge is -2.40. The molecule has 2 aliphatic rings. The summed E-state index contributed by atoms with van der Waals surface area (Å²) in [5.74, 6) is 2.52. The Morgan fingerprint density at radius 2 is 1.57 bits per heavy atom. The van der Waals surface area contributed by atoms with Gasteiger partial charge in [0.05, 0.1) is 0 Å². The van der Waals surface area contributed by atoms with E-state index in [0.717, 1.165) is 17.8 Å². The lowest BCUT2D eigenvalue weighted by atomic mass is 9.63. The highest BCUT2D eigenvalue weighted by atomic mass is 14.9. The van der Waals surface area contributed by atoms with E-state index >= 15 is 0 Å². The maximum Gasteiger partial charge on any atom is -0.00114 e. The third-order valence-corrected chi connectivity index (χ3v) is 5.67. The molecule has 5 rings (SSSR count). The van der Waals surface area contributed by atoms with E-state index in [1.165, 1.54) is 41.1 Å². The summed E-state index contributed by atoms with van der Waals surface area (Å²) in [5.41, 5.74) is 1.58. The van der Waals surface area contributed by atoms with E-state index in [2.05, 4.69) is 59.9 Å². The second-order valence-electron chi connectivity index (χ2n) is 6.66. The highest BCUT2D eigenvalue weighted by molar-refractivity contribution is 6.09. The second kappa shape index (κ2) is 4.32. The van der Waals surface area contributed by atoms with Crippen molar-refractivity contribution in [3.8, 4) is 0 Å². The van der Waals surface area contributed by atoms with Gasteiger partial charge in [0, 0.05) is 0 Å². The van der Waals surface area contributed by atoms with Crippen LogP contribution in [-0.4, -0.2) is 13.1 Å². The number of fused-ring (bicyclic) bond motifs is 4. The van der Waals surface area contributed by atoms with Crippen LogP contribution in [0.5, 0.6) is 0 Å². The molecule has 104 valence electrons. The third kappa shape index (κ3) is 1.61. The largest absolute Gasteiger partial charge is 0.316 e. The van der Waals surface area contributed by atoms with E-state index in [1.807, 2.05) is 0 Å². The minimum absolute atomic E-state index is 0.750. The zero-order chi connectivity index (χ0) is 13.8. The molecular weight excluding hydrogens is 254 g/mol. The molecule has 0 radical (unpaired) electrons. The number of nitrogens with one attached hydrogen (secondary N) is 1. The summed E-state index contributed by atoms with van der Waals surface area (Å²) in [7, 11) is 0. The molecule has 1 N–H and O–H groups in total. The van der Waals surface area contributed by atoms with Crippen molar-refractivity contribution in [1.29, 1.82) is 0 Å². The Morgan fingerprint density at radius 3 is 2.43 bits per heavy atom. The average molecular weight is 273 g/mol. The minimum Gasteiger partial charge on any atom is -0.316 e. The van der Waals surface area contributed by atoms with Crippen molar-refractivity contribution < 1.29 is 0 Å². The average Bonchev–Trinajstić information content (AvgIpc) is 2.88. The summed E-state index contributed by atoms with van der Waals surface area (Å²) in [6.07, 6.45) is 1.36. The molecule has 1 aliphatic heterocycles. The standard InChI is InChI=1S/C20H19N/c1-2-6-15-13(5-1)9-18(17-8-4-3-7-16(15)17)19-10-14-11-21-12-20(14)19/h1-9,14,19-21H,10-12H2. The lowest BCUT2D eigenvalue weighted by Crippen LogP contribution is -2.33. The monoisotopic (exact) mass is 273 g/mol. The lowest BCUT2D eigenvalue weighted by molar-refractivity contribution is 0.192. The topological polar surface area (TPSA) is 12.0 Å². The van der Waals surface area contributed by atoms with Crippen LogP contribution in [0.25, 0.3) is 21.5 Å². The van der Waals surface area contributed by atoms with Crippen LogP contribution in [0.2, 0.25) is 0 Å². The first-order valence-electron chi connectivity index (χ1n) is 8.03. The van der Waals surface area contributed by atoms with Gasteiger partial charge in [-0.2, -0.15) is 0 Å². The first-order chi connectivity index (χ1) is 10.4. The molecule has 3 aromatic rings. The van der Waals surface area contributed by atoms with Crippen molar-refractivity contribution in [2.45, 2.75) is 12.3 Å². The van der Waals surface area contributed by atoms with Gasteiger partial charge < -0.3 is 5.32 Å². The van der Waals surface area contributed by atoms with Crippen molar-refractivity contribution in [2.24, 2.45) is 11.8 Å².